The highest BCUT2D eigenvalue weighted by Crippen LogP contribution is 2.24. The van der Waals surface area contributed by atoms with Gasteiger partial charge in [0, 0.05) is 7.05 Å². The van der Waals surface area contributed by atoms with E-state index in [1.807, 2.05) is 13.1 Å². The summed E-state index contributed by atoms with van der Waals surface area (Å²) in [4.78, 5) is 8.27. The number of fused-ring (bicyclic) bond motifs is 1. The lowest BCUT2D eigenvalue weighted by Crippen LogP contribution is -1.84. The van der Waals surface area contributed by atoms with Crippen LogP contribution in [0.3, 0.4) is 0 Å². The Bertz CT molecular complexity index is 412. The van der Waals surface area contributed by atoms with Gasteiger partial charge in [0.2, 0.25) is 0 Å². The molecule has 0 saturated carbocycles. The SMILES string of the molecule is CNc1nc2nc(Cl)ccc2s1. The second-order valence-corrected chi connectivity index (χ2v) is 3.64. The molecule has 0 atom stereocenters. The van der Waals surface area contributed by atoms with E-state index in [0.29, 0.717) is 10.8 Å². The second kappa shape index (κ2) is 2.88. The number of aromatic nitrogens is 2. The van der Waals surface area contributed by atoms with E-state index in [1.54, 1.807) is 17.4 Å². The number of anilines is 1. The smallest absolute Gasteiger partial charge is 0.185 e. The Morgan fingerprint density at radius 3 is 3.00 bits per heavy atom. The quantitative estimate of drug-likeness (QED) is 0.717. The second-order valence-electron chi connectivity index (χ2n) is 2.22. The van der Waals surface area contributed by atoms with Crippen LogP contribution < -0.4 is 5.32 Å². The number of hydrogen-bond donors (Lipinski definition) is 1. The highest BCUT2D eigenvalue weighted by molar-refractivity contribution is 7.22. The summed E-state index contributed by atoms with van der Waals surface area (Å²) in [5.74, 6) is 0. The van der Waals surface area contributed by atoms with Crippen molar-refractivity contribution in [3.8, 4) is 0 Å². The van der Waals surface area contributed by atoms with E-state index < -0.39 is 0 Å². The van der Waals surface area contributed by atoms with Crippen LogP contribution in [0.4, 0.5) is 5.13 Å². The number of hydrogen-bond acceptors (Lipinski definition) is 4. The van der Waals surface area contributed by atoms with Crippen LogP contribution in [-0.4, -0.2) is 17.0 Å². The zero-order chi connectivity index (χ0) is 8.55. The molecule has 12 heavy (non-hydrogen) atoms. The van der Waals surface area contributed by atoms with Crippen molar-refractivity contribution in [1.82, 2.24) is 9.97 Å². The molecule has 0 fully saturated rings. The molecule has 3 nitrogen and oxygen atoms in total. The summed E-state index contributed by atoms with van der Waals surface area (Å²) in [7, 11) is 1.83. The van der Waals surface area contributed by atoms with Gasteiger partial charge < -0.3 is 5.32 Å². The molecule has 0 spiro atoms. The topological polar surface area (TPSA) is 37.8 Å². The van der Waals surface area contributed by atoms with Crippen LogP contribution in [0.1, 0.15) is 0 Å². The minimum atomic E-state index is 0.482. The molecule has 1 N–H and O–H groups in total. The third kappa shape index (κ3) is 1.23. The molecule has 0 unspecified atom stereocenters. The minimum absolute atomic E-state index is 0.482. The van der Waals surface area contributed by atoms with Crippen molar-refractivity contribution >= 4 is 38.4 Å². The van der Waals surface area contributed by atoms with E-state index in [-0.39, 0.29) is 0 Å². The van der Waals surface area contributed by atoms with E-state index in [9.17, 15) is 0 Å². The molecular formula is C7H6ClN3S. The van der Waals surface area contributed by atoms with Crippen molar-refractivity contribution in [2.24, 2.45) is 0 Å². The molecule has 5 heteroatoms. The Kier molecular flexibility index (Phi) is 1.86. The molecule has 62 valence electrons. The Balaban J connectivity index is 2.67. The predicted octanol–water partition coefficient (Wildman–Crippen LogP) is 2.39. The summed E-state index contributed by atoms with van der Waals surface area (Å²) in [6, 6.07) is 3.69. The van der Waals surface area contributed by atoms with Crippen molar-refractivity contribution in [2.75, 3.05) is 12.4 Å². The Morgan fingerprint density at radius 2 is 2.25 bits per heavy atom. The van der Waals surface area contributed by atoms with E-state index in [1.165, 1.54) is 0 Å². The van der Waals surface area contributed by atoms with Crippen molar-refractivity contribution < 1.29 is 0 Å². The molecule has 0 radical (unpaired) electrons. The minimum Gasteiger partial charge on any atom is -0.365 e. The van der Waals surface area contributed by atoms with Gasteiger partial charge in [-0.05, 0) is 12.1 Å². The standard InChI is InChI=1S/C7H6ClN3S/c1-9-7-11-6-4(12-7)2-3-5(8)10-6/h2-3H,1H3,(H,9,10,11). The third-order valence-electron chi connectivity index (χ3n) is 1.43. The molecule has 2 heterocycles. The highest BCUT2D eigenvalue weighted by atomic mass is 35.5. The molecular weight excluding hydrogens is 194 g/mol. The maximum atomic E-state index is 5.70. The molecule has 2 rings (SSSR count). The predicted molar refractivity (Wildman–Crippen MR) is 52.0 cm³/mol. The first-order chi connectivity index (χ1) is 5.79. The number of pyridine rings is 1. The van der Waals surface area contributed by atoms with E-state index >= 15 is 0 Å². The lowest BCUT2D eigenvalue weighted by Gasteiger charge is -1.86. The first-order valence-corrected chi connectivity index (χ1v) is 4.60. The number of thiazole rings is 1. The van der Waals surface area contributed by atoms with Gasteiger partial charge >= 0.3 is 0 Å². The van der Waals surface area contributed by atoms with Crippen LogP contribution in [0.5, 0.6) is 0 Å². The summed E-state index contributed by atoms with van der Waals surface area (Å²) in [6.45, 7) is 0. The molecule has 0 aliphatic carbocycles. The van der Waals surface area contributed by atoms with Gasteiger partial charge in [-0.1, -0.05) is 22.9 Å². The fourth-order valence-electron chi connectivity index (χ4n) is 0.902. The molecule has 0 aliphatic heterocycles. The van der Waals surface area contributed by atoms with E-state index in [2.05, 4.69) is 15.3 Å². The molecule has 0 aliphatic rings. The van der Waals surface area contributed by atoms with Crippen LogP contribution in [0, 0.1) is 0 Å². The summed E-state index contributed by atoms with van der Waals surface area (Å²) in [5.41, 5.74) is 0.705. The highest BCUT2D eigenvalue weighted by Gasteiger charge is 2.02. The molecule has 0 saturated heterocycles. The first-order valence-electron chi connectivity index (χ1n) is 3.40. The monoisotopic (exact) mass is 199 g/mol. The molecule has 2 aromatic rings. The fraction of sp³-hybridized carbons (Fsp3) is 0.143. The first kappa shape index (κ1) is 7.76. The maximum absolute atomic E-state index is 5.70. The van der Waals surface area contributed by atoms with Crippen molar-refractivity contribution in [3.05, 3.63) is 17.3 Å². The van der Waals surface area contributed by atoms with Gasteiger partial charge in [0.15, 0.2) is 10.8 Å². The van der Waals surface area contributed by atoms with Crippen LogP contribution in [-0.2, 0) is 0 Å². The van der Waals surface area contributed by atoms with Crippen LogP contribution >= 0.6 is 22.9 Å². The molecule has 0 aromatic carbocycles. The zero-order valence-corrected chi connectivity index (χ0v) is 7.91. The zero-order valence-electron chi connectivity index (χ0n) is 6.34. The van der Waals surface area contributed by atoms with Gasteiger partial charge in [0.05, 0.1) is 4.70 Å². The van der Waals surface area contributed by atoms with E-state index in [0.717, 1.165) is 9.83 Å². The van der Waals surface area contributed by atoms with Gasteiger partial charge in [0.25, 0.3) is 0 Å². The number of nitrogens with one attached hydrogen (secondary N) is 1. The van der Waals surface area contributed by atoms with Gasteiger partial charge in [-0.2, -0.15) is 0 Å². The lowest BCUT2D eigenvalue weighted by molar-refractivity contribution is 1.31. The Morgan fingerprint density at radius 1 is 1.42 bits per heavy atom. The maximum Gasteiger partial charge on any atom is 0.185 e. The lowest BCUT2D eigenvalue weighted by atomic mass is 10.5. The number of halogens is 1. The van der Waals surface area contributed by atoms with Crippen molar-refractivity contribution in [2.45, 2.75) is 0 Å². The summed E-state index contributed by atoms with van der Waals surface area (Å²) in [6.07, 6.45) is 0. The van der Waals surface area contributed by atoms with Crippen LogP contribution in [0.15, 0.2) is 12.1 Å². The average molecular weight is 200 g/mol. The summed E-state index contributed by atoms with van der Waals surface area (Å²) in [5, 5.41) is 4.30. The average Bonchev–Trinajstić information content (AvgIpc) is 2.46. The van der Waals surface area contributed by atoms with Crippen LogP contribution in [0.25, 0.3) is 10.3 Å². The van der Waals surface area contributed by atoms with Gasteiger partial charge in [-0.15, -0.1) is 0 Å². The van der Waals surface area contributed by atoms with Crippen molar-refractivity contribution in [3.63, 3.8) is 0 Å². The Labute approximate surface area is 78.4 Å². The number of rotatable bonds is 1. The summed E-state index contributed by atoms with van der Waals surface area (Å²) >= 11 is 7.27. The van der Waals surface area contributed by atoms with Crippen molar-refractivity contribution in [1.29, 1.82) is 0 Å². The summed E-state index contributed by atoms with van der Waals surface area (Å²) < 4.78 is 1.05. The molecule has 0 bridgehead atoms. The van der Waals surface area contributed by atoms with Gasteiger partial charge in [-0.3, -0.25) is 0 Å². The van der Waals surface area contributed by atoms with E-state index in [4.69, 9.17) is 11.6 Å². The normalized spacial score (nSPS) is 10.5. The van der Waals surface area contributed by atoms with Gasteiger partial charge in [0.1, 0.15) is 5.15 Å². The van der Waals surface area contributed by atoms with Gasteiger partial charge in [-0.25, -0.2) is 9.97 Å². The van der Waals surface area contributed by atoms with Crippen LogP contribution in [0.2, 0.25) is 5.15 Å². The Hall–Kier alpha value is -0.870. The third-order valence-corrected chi connectivity index (χ3v) is 2.67. The fourth-order valence-corrected chi connectivity index (χ4v) is 1.81. The molecule has 0 amide bonds. The molecule has 2 aromatic heterocycles. The largest absolute Gasteiger partial charge is 0.365 e. The number of nitrogens with zero attached hydrogens (tertiary/aromatic N) is 2.